The molecule has 4 aromatic heterocycles. The zero-order valence-corrected chi connectivity index (χ0v) is 19.2. The molecular formula is C24H22F3N5OS. The summed E-state index contributed by atoms with van der Waals surface area (Å²) in [6.45, 7) is 1.41. The summed E-state index contributed by atoms with van der Waals surface area (Å²) in [5.74, 6) is 0.387. The van der Waals surface area contributed by atoms with Gasteiger partial charge in [-0.3, -0.25) is 19.3 Å². The molecule has 0 amide bonds. The Balaban J connectivity index is 1.55. The van der Waals surface area contributed by atoms with E-state index in [0.717, 1.165) is 36.8 Å². The van der Waals surface area contributed by atoms with E-state index in [2.05, 4.69) is 19.9 Å². The maximum atomic E-state index is 13.6. The van der Waals surface area contributed by atoms with E-state index < -0.39 is 11.7 Å². The van der Waals surface area contributed by atoms with E-state index in [9.17, 15) is 18.0 Å². The highest BCUT2D eigenvalue weighted by Gasteiger charge is 2.34. The van der Waals surface area contributed by atoms with Gasteiger partial charge in [-0.1, -0.05) is 0 Å². The second kappa shape index (κ2) is 8.90. The van der Waals surface area contributed by atoms with Crippen LogP contribution in [0.15, 0.2) is 47.0 Å². The Kier molecular flexibility index (Phi) is 5.93. The lowest BCUT2D eigenvalue weighted by molar-refractivity contribution is -0.138. The van der Waals surface area contributed by atoms with Gasteiger partial charge < -0.3 is 0 Å². The van der Waals surface area contributed by atoms with Crippen LogP contribution in [0.1, 0.15) is 65.0 Å². The number of aryl methyl sites for hydroxylation is 1. The molecule has 1 aliphatic rings. The summed E-state index contributed by atoms with van der Waals surface area (Å²) in [5.41, 5.74) is 0.512. The van der Waals surface area contributed by atoms with Gasteiger partial charge in [-0.05, 0) is 56.7 Å². The molecule has 0 aromatic carbocycles. The smallest absolute Gasteiger partial charge is 0.285 e. The number of alkyl halides is 3. The van der Waals surface area contributed by atoms with Crippen molar-refractivity contribution in [1.29, 1.82) is 0 Å². The molecule has 0 atom stereocenters. The molecular weight excluding hydrogens is 463 g/mol. The highest BCUT2D eigenvalue weighted by Crippen LogP contribution is 2.40. The van der Waals surface area contributed by atoms with Crippen molar-refractivity contribution >= 4 is 22.5 Å². The van der Waals surface area contributed by atoms with Gasteiger partial charge in [-0.15, -0.1) is 11.3 Å². The molecule has 0 radical (unpaired) electrons. The van der Waals surface area contributed by atoms with Crippen molar-refractivity contribution in [3.05, 3.63) is 80.0 Å². The van der Waals surface area contributed by atoms with Gasteiger partial charge in [0.25, 0.3) is 5.56 Å². The lowest BCUT2D eigenvalue weighted by Crippen LogP contribution is -2.29. The van der Waals surface area contributed by atoms with Crippen LogP contribution in [0.3, 0.4) is 0 Å². The van der Waals surface area contributed by atoms with E-state index in [0.29, 0.717) is 22.7 Å². The molecule has 34 heavy (non-hydrogen) atoms. The summed E-state index contributed by atoms with van der Waals surface area (Å²) in [7, 11) is 0. The number of hydrogen-bond donors (Lipinski definition) is 0. The van der Waals surface area contributed by atoms with Gasteiger partial charge in [0, 0.05) is 35.5 Å². The van der Waals surface area contributed by atoms with Crippen molar-refractivity contribution < 1.29 is 13.2 Å². The second-order valence-electron chi connectivity index (χ2n) is 8.63. The molecule has 1 aliphatic carbocycles. The number of fused-ring (bicyclic) bond motifs is 1. The summed E-state index contributed by atoms with van der Waals surface area (Å²) in [6.07, 6.45) is 3.57. The van der Waals surface area contributed by atoms with Crippen LogP contribution >= 0.6 is 11.3 Å². The Morgan fingerprint density at radius 2 is 1.85 bits per heavy atom. The average Bonchev–Trinajstić information content (AvgIpc) is 3.36. The van der Waals surface area contributed by atoms with E-state index in [1.807, 2.05) is 11.6 Å². The first-order valence-electron chi connectivity index (χ1n) is 11.1. The maximum absolute atomic E-state index is 13.6. The zero-order valence-electron chi connectivity index (χ0n) is 18.4. The largest absolute Gasteiger partial charge is 0.418 e. The predicted molar refractivity (Wildman–Crippen MR) is 123 cm³/mol. The Labute approximate surface area is 197 Å². The lowest BCUT2D eigenvalue weighted by atomic mass is 9.79. The van der Waals surface area contributed by atoms with E-state index in [1.54, 1.807) is 30.5 Å². The molecule has 0 spiro atoms. The van der Waals surface area contributed by atoms with Crippen LogP contribution < -0.4 is 5.56 Å². The van der Waals surface area contributed by atoms with Crippen molar-refractivity contribution in [3.8, 4) is 0 Å². The van der Waals surface area contributed by atoms with Crippen LogP contribution in [-0.2, 0) is 12.7 Å². The van der Waals surface area contributed by atoms with Gasteiger partial charge >= 0.3 is 6.18 Å². The molecule has 1 saturated carbocycles. The molecule has 0 unspecified atom stereocenters. The van der Waals surface area contributed by atoms with Gasteiger partial charge in [-0.2, -0.15) is 13.2 Å². The van der Waals surface area contributed by atoms with Gasteiger partial charge in [0.15, 0.2) is 5.65 Å². The fourth-order valence-corrected chi connectivity index (χ4v) is 5.54. The molecule has 4 heterocycles. The van der Waals surface area contributed by atoms with Crippen molar-refractivity contribution in [2.24, 2.45) is 0 Å². The minimum absolute atomic E-state index is 0.00767. The predicted octanol–water partition coefficient (Wildman–Crippen LogP) is 5.46. The molecule has 4 aromatic rings. The van der Waals surface area contributed by atoms with Gasteiger partial charge in [0.1, 0.15) is 5.52 Å². The molecule has 10 heteroatoms. The third kappa shape index (κ3) is 4.34. The van der Waals surface area contributed by atoms with E-state index in [-0.39, 0.29) is 29.4 Å². The first kappa shape index (κ1) is 22.6. The molecule has 1 fully saturated rings. The summed E-state index contributed by atoms with van der Waals surface area (Å²) < 4.78 is 42.1. The van der Waals surface area contributed by atoms with Crippen molar-refractivity contribution in [2.75, 3.05) is 0 Å². The maximum Gasteiger partial charge on any atom is 0.418 e. The van der Waals surface area contributed by atoms with E-state index >= 15 is 0 Å². The van der Waals surface area contributed by atoms with Gasteiger partial charge in [0.2, 0.25) is 0 Å². The molecule has 0 aliphatic heterocycles. The molecule has 0 saturated heterocycles. The topological polar surface area (TPSA) is 73.6 Å². The monoisotopic (exact) mass is 485 g/mol. The number of halogens is 3. The fraction of sp³-hybridized carbons (Fsp3) is 0.375. The van der Waals surface area contributed by atoms with Crippen LogP contribution in [0.5, 0.6) is 0 Å². The third-order valence-electron chi connectivity index (χ3n) is 6.41. The number of nitrogens with zero attached hydrogens (tertiary/aromatic N) is 5. The van der Waals surface area contributed by atoms with Crippen molar-refractivity contribution in [1.82, 2.24) is 24.5 Å². The fourth-order valence-electron chi connectivity index (χ4n) is 4.73. The van der Waals surface area contributed by atoms with Crippen LogP contribution in [0.4, 0.5) is 13.2 Å². The summed E-state index contributed by atoms with van der Waals surface area (Å²) in [4.78, 5) is 30.9. The summed E-state index contributed by atoms with van der Waals surface area (Å²) in [6, 6.07) is 3.99. The highest BCUT2D eigenvalue weighted by atomic mass is 32.1. The van der Waals surface area contributed by atoms with Crippen LogP contribution in [0.25, 0.3) is 11.2 Å². The number of thiazole rings is 1. The van der Waals surface area contributed by atoms with E-state index in [1.165, 1.54) is 16.8 Å². The molecule has 5 rings (SSSR count). The minimum Gasteiger partial charge on any atom is -0.285 e. The number of rotatable bonds is 4. The third-order valence-corrected chi connectivity index (χ3v) is 7.35. The van der Waals surface area contributed by atoms with Crippen LogP contribution in [0, 0.1) is 6.92 Å². The second-order valence-corrected chi connectivity index (χ2v) is 9.55. The lowest BCUT2D eigenvalue weighted by Gasteiger charge is -2.27. The summed E-state index contributed by atoms with van der Waals surface area (Å²) in [5, 5.41) is 3.09. The summed E-state index contributed by atoms with van der Waals surface area (Å²) >= 11 is 1.65. The number of pyridine rings is 2. The van der Waals surface area contributed by atoms with Gasteiger partial charge in [0.05, 0.1) is 28.5 Å². The van der Waals surface area contributed by atoms with Crippen LogP contribution in [0.2, 0.25) is 0 Å². The standard InChI is InChI=1S/C24H22F3N5OS/c1-14-12-30-19-11-17(15-4-6-16(7-5-15)22-29-9-10-34-22)23(33)32(21(19)31-14)13-20-18(24(25,26)27)3-2-8-28-20/h2-3,8-12,15-16H,4-7,13H2,1H3/t15-,16-. The Morgan fingerprint density at radius 1 is 1.09 bits per heavy atom. The average molecular weight is 486 g/mol. The Morgan fingerprint density at radius 3 is 2.56 bits per heavy atom. The minimum atomic E-state index is -4.57. The van der Waals surface area contributed by atoms with Gasteiger partial charge in [-0.25, -0.2) is 9.97 Å². The number of aromatic nitrogens is 5. The Hall–Kier alpha value is -3.14. The Bertz CT molecular complexity index is 1380. The normalized spacial score (nSPS) is 18.9. The van der Waals surface area contributed by atoms with Crippen molar-refractivity contribution in [3.63, 3.8) is 0 Å². The SMILES string of the molecule is Cc1cnc2cc([C@H]3CC[C@H](c4nccs4)CC3)c(=O)n(Cc3ncccc3C(F)(F)F)c2n1. The quantitative estimate of drug-likeness (QED) is 0.384. The molecule has 176 valence electrons. The molecule has 0 bridgehead atoms. The molecule has 0 N–H and O–H groups in total. The highest BCUT2D eigenvalue weighted by molar-refractivity contribution is 7.09. The van der Waals surface area contributed by atoms with E-state index in [4.69, 9.17) is 0 Å². The van der Waals surface area contributed by atoms with Crippen molar-refractivity contribution in [2.45, 2.75) is 57.2 Å². The van der Waals surface area contributed by atoms with Crippen LogP contribution in [-0.4, -0.2) is 24.5 Å². The zero-order chi connectivity index (χ0) is 23.9. The molecule has 6 nitrogen and oxygen atoms in total. The first-order valence-corrected chi connectivity index (χ1v) is 12.0. The first-order chi connectivity index (χ1) is 16.3. The number of hydrogen-bond acceptors (Lipinski definition) is 6.